The summed E-state index contributed by atoms with van der Waals surface area (Å²) in [7, 11) is 0. The molecule has 0 heterocycles. The van der Waals surface area contributed by atoms with E-state index in [4.69, 9.17) is 9.47 Å². The first kappa shape index (κ1) is 20.3. The highest BCUT2D eigenvalue weighted by Crippen LogP contribution is 2.31. The van der Waals surface area contributed by atoms with Crippen LogP contribution in [0.1, 0.15) is 58.4 Å². The summed E-state index contributed by atoms with van der Waals surface area (Å²) in [6.45, 7) is 6.60. The average molecular weight is 361 g/mol. The van der Waals surface area contributed by atoms with Crippen LogP contribution in [-0.2, 0) is 20.9 Å². The summed E-state index contributed by atoms with van der Waals surface area (Å²) in [6.07, 6.45) is 4.18. The highest BCUT2D eigenvalue weighted by atomic mass is 16.6. The lowest BCUT2D eigenvalue weighted by atomic mass is 9.80. The number of hydrogen-bond donors (Lipinski definition) is 1. The van der Waals surface area contributed by atoms with Crippen LogP contribution < -0.4 is 5.32 Å². The third-order valence-corrected chi connectivity index (χ3v) is 4.59. The van der Waals surface area contributed by atoms with Gasteiger partial charge in [-0.05, 0) is 63.9 Å². The lowest BCUT2D eigenvalue weighted by Crippen LogP contribution is -2.32. The Bertz CT molecular complexity index is 571. The number of ether oxygens (including phenoxy) is 2. The second-order valence-corrected chi connectivity index (χ2v) is 8.12. The Kier molecular flexibility index (Phi) is 7.49. The van der Waals surface area contributed by atoms with Gasteiger partial charge >= 0.3 is 12.1 Å². The summed E-state index contributed by atoms with van der Waals surface area (Å²) in [5.74, 6) is 0.740. The van der Waals surface area contributed by atoms with Crippen molar-refractivity contribution in [1.82, 2.24) is 5.32 Å². The van der Waals surface area contributed by atoms with Crippen LogP contribution in [0.3, 0.4) is 0 Å². The molecule has 1 N–H and O–H groups in total. The number of carbonyl (C=O) groups is 2. The largest absolute Gasteiger partial charge is 0.460 e. The fraction of sp³-hybridized carbons (Fsp3) is 0.619. The minimum absolute atomic E-state index is 0.108. The molecule has 5 heteroatoms. The molecular weight excluding hydrogens is 330 g/mol. The van der Waals surface area contributed by atoms with Gasteiger partial charge < -0.3 is 14.8 Å². The summed E-state index contributed by atoms with van der Waals surface area (Å²) in [6, 6.07) is 9.64. The van der Waals surface area contributed by atoms with Crippen molar-refractivity contribution >= 4 is 12.1 Å². The van der Waals surface area contributed by atoms with Crippen LogP contribution in [0.25, 0.3) is 0 Å². The van der Waals surface area contributed by atoms with Crippen LogP contribution in [0, 0.1) is 11.8 Å². The van der Waals surface area contributed by atoms with Gasteiger partial charge in [0.05, 0.1) is 0 Å². The van der Waals surface area contributed by atoms with Crippen LogP contribution in [-0.4, -0.2) is 24.2 Å². The van der Waals surface area contributed by atoms with E-state index in [0.717, 1.165) is 31.2 Å². The number of amides is 1. The van der Waals surface area contributed by atoms with Gasteiger partial charge in [0.1, 0.15) is 12.2 Å². The molecule has 1 aromatic carbocycles. The van der Waals surface area contributed by atoms with E-state index in [1.807, 2.05) is 51.1 Å². The number of carbonyl (C=O) groups excluding carboxylic acids is 2. The van der Waals surface area contributed by atoms with E-state index in [1.165, 1.54) is 0 Å². The molecule has 1 amide bonds. The number of hydrogen-bond acceptors (Lipinski definition) is 4. The minimum atomic E-state index is -0.418. The van der Waals surface area contributed by atoms with Crippen molar-refractivity contribution < 1.29 is 19.1 Å². The molecule has 2 rings (SSSR count). The molecule has 0 bridgehead atoms. The fourth-order valence-corrected chi connectivity index (χ4v) is 3.26. The van der Waals surface area contributed by atoms with E-state index in [-0.39, 0.29) is 18.7 Å². The Morgan fingerprint density at radius 2 is 1.65 bits per heavy atom. The van der Waals surface area contributed by atoms with Crippen LogP contribution in [0.5, 0.6) is 0 Å². The van der Waals surface area contributed by atoms with Crippen molar-refractivity contribution in [3.05, 3.63) is 35.9 Å². The fourth-order valence-electron chi connectivity index (χ4n) is 3.26. The minimum Gasteiger partial charge on any atom is -0.460 e. The first-order valence-corrected chi connectivity index (χ1v) is 9.48. The molecule has 1 aliphatic rings. The Hall–Kier alpha value is -2.04. The Morgan fingerprint density at radius 3 is 2.27 bits per heavy atom. The molecule has 26 heavy (non-hydrogen) atoms. The number of alkyl carbamates (subject to hydrolysis) is 1. The second kappa shape index (κ2) is 9.60. The summed E-state index contributed by atoms with van der Waals surface area (Å²) < 4.78 is 10.6. The Balaban J connectivity index is 1.60. The van der Waals surface area contributed by atoms with Crippen molar-refractivity contribution in [1.29, 1.82) is 0 Å². The van der Waals surface area contributed by atoms with Gasteiger partial charge in [0.2, 0.25) is 0 Å². The molecule has 0 saturated heterocycles. The highest BCUT2D eigenvalue weighted by Gasteiger charge is 2.25. The number of benzene rings is 1. The Labute approximate surface area is 156 Å². The van der Waals surface area contributed by atoms with Gasteiger partial charge in [-0.2, -0.15) is 0 Å². The maximum Gasteiger partial charge on any atom is 0.407 e. The predicted molar refractivity (Wildman–Crippen MR) is 101 cm³/mol. The lowest BCUT2D eigenvalue weighted by Gasteiger charge is -2.29. The quantitative estimate of drug-likeness (QED) is 0.760. The van der Waals surface area contributed by atoms with Crippen LogP contribution in [0.4, 0.5) is 4.79 Å². The topological polar surface area (TPSA) is 64.6 Å². The van der Waals surface area contributed by atoms with Gasteiger partial charge in [-0.25, -0.2) is 4.79 Å². The number of nitrogens with one attached hydrogen (secondary N) is 1. The van der Waals surface area contributed by atoms with Crippen molar-refractivity contribution in [2.45, 2.75) is 65.1 Å². The smallest absolute Gasteiger partial charge is 0.407 e. The first-order valence-electron chi connectivity index (χ1n) is 9.48. The summed E-state index contributed by atoms with van der Waals surface area (Å²) in [5, 5.41) is 2.86. The van der Waals surface area contributed by atoms with Gasteiger partial charge in [0.25, 0.3) is 0 Å². The maximum absolute atomic E-state index is 11.9. The van der Waals surface area contributed by atoms with E-state index in [9.17, 15) is 9.59 Å². The van der Waals surface area contributed by atoms with Gasteiger partial charge in [-0.15, -0.1) is 0 Å². The van der Waals surface area contributed by atoms with E-state index in [1.54, 1.807) is 0 Å². The predicted octanol–water partition coefficient (Wildman–Crippen LogP) is 4.45. The molecule has 0 unspecified atom stereocenters. The van der Waals surface area contributed by atoms with Gasteiger partial charge in [0.15, 0.2) is 0 Å². The first-order chi connectivity index (χ1) is 12.3. The molecule has 1 fully saturated rings. The van der Waals surface area contributed by atoms with Gasteiger partial charge in [-0.1, -0.05) is 30.3 Å². The molecule has 1 aliphatic carbocycles. The van der Waals surface area contributed by atoms with Crippen LogP contribution in [0.15, 0.2) is 30.3 Å². The molecule has 5 nitrogen and oxygen atoms in total. The van der Waals surface area contributed by atoms with E-state index >= 15 is 0 Å². The molecule has 0 atom stereocenters. The van der Waals surface area contributed by atoms with Crippen LogP contribution in [0.2, 0.25) is 0 Å². The van der Waals surface area contributed by atoms with Crippen molar-refractivity contribution in [3.63, 3.8) is 0 Å². The normalized spacial score (nSPS) is 20.3. The zero-order chi connectivity index (χ0) is 19.0. The number of esters is 1. The van der Waals surface area contributed by atoms with Gasteiger partial charge in [0, 0.05) is 13.0 Å². The zero-order valence-electron chi connectivity index (χ0n) is 16.1. The molecule has 0 radical (unpaired) electrons. The van der Waals surface area contributed by atoms with E-state index < -0.39 is 5.60 Å². The number of rotatable bonds is 6. The third kappa shape index (κ3) is 7.89. The summed E-state index contributed by atoms with van der Waals surface area (Å²) >= 11 is 0. The second-order valence-electron chi connectivity index (χ2n) is 8.12. The SMILES string of the molecule is CC(C)(C)OC(=O)CC1CCC(CNC(=O)OCc2ccccc2)CC1. The van der Waals surface area contributed by atoms with Crippen molar-refractivity contribution in [3.8, 4) is 0 Å². The standard InChI is InChI=1S/C21H31NO4/c1-21(2,3)26-19(23)13-16-9-11-17(12-10-16)14-22-20(24)25-15-18-7-5-4-6-8-18/h4-8,16-17H,9-15H2,1-3H3,(H,22,24). The summed E-state index contributed by atoms with van der Waals surface area (Å²) in [4.78, 5) is 23.7. The average Bonchev–Trinajstić information content (AvgIpc) is 2.58. The molecule has 144 valence electrons. The zero-order valence-corrected chi connectivity index (χ0v) is 16.1. The van der Waals surface area contributed by atoms with Crippen LogP contribution >= 0.6 is 0 Å². The molecular formula is C21H31NO4. The molecule has 0 aliphatic heterocycles. The lowest BCUT2D eigenvalue weighted by molar-refractivity contribution is -0.156. The molecule has 1 aromatic rings. The summed E-state index contributed by atoms with van der Waals surface area (Å²) in [5.41, 5.74) is 0.559. The van der Waals surface area contributed by atoms with Crippen molar-refractivity contribution in [2.75, 3.05) is 6.54 Å². The van der Waals surface area contributed by atoms with E-state index in [2.05, 4.69) is 5.32 Å². The Morgan fingerprint density at radius 1 is 1.04 bits per heavy atom. The third-order valence-electron chi connectivity index (χ3n) is 4.59. The van der Waals surface area contributed by atoms with Crippen molar-refractivity contribution in [2.24, 2.45) is 11.8 Å². The van der Waals surface area contributed by atoms with Gasteiger partial charge in [-0.3, -0.25) is 4.79 Å². The molecule has 1 saturated carbocycles. The molecule has 0 spiro atoms. The monoisotopic (exact) mass is 361 g/mol. The maximum atomic E-state index is 11.9. The van der Waals surface area contributed by atoms with E-state index in [0.29, 0.717) is 24.8 Å². The molecule has 0 aromatic heterocycles. The highest BCUT2D eigenvalue weighted by molar-refractivity contribution is 5.70.